The summed E-state index contributed by atoms with van der Waals surface area (Å²) in [5.41, 5.74) is 0.761. The number of fused-ring (bicyclic) bond motifs is 1. The maximum atomic E-state index is 12.4. The molecule has 1 amide bonds. The maximum Gasteiger partial charge on any atom is 0.311 e. The van der Waals surface area contributed by atoms with E-state index in [2.05, 4.69) is 10.3 Å². The molecule has 6 nitrogen and oxygen atoms in total. The molecule has 1 saturated carbocycles. The number of carbonyl (C=O) groups is 2. The Morgan fingerprint density at radius 2 is 1.83 bits per heavy atom. The molecule has 1 heterocycles. The Morgan fingerprint density at radius 3 is 2.54 bits per heavy atom. The lowest BCUT2D eigenvalue weighted by molar-refractivity contribution is -0.150. The van der Waals surface area contributed by atoms with Crippen molar-refractivity contribution >= 4 is 11.9 Å². The summed E-state index contributed by atoms with van der Waals surface area (Å²) >= 11 is 0. The fourth-order valence-electron chi connectivity index (χ4n) is 3.88. The van der Waals surface area contributed by atoms with Gasteiger partial charge in [-0.2, -0.15) is 0 Å². The lowest BCUT2D eigenvalue weighted by Gasteiger charge is -2.33. The summed E-state index contributed by atoms with van der Waals surface area (Å²) in [7, 11) is 0. The predicted octanol–water partition coefficient (Wildman–Crippen LogP) is 2.02. The van der Waals surface area contributed by atoms with Crippen LogP contribution in [0.3, 0.4) is 0 Å². The topological polar surface area (TPSA) is 99.3 Å². The number of carboxylic acid groups (broad SMARTS) is 1. The van der Waals surface area contributed by atoms with Crippen molar-refractivity contribution in [2.75, 3.05) is 6.54 Å². The molecule has 2 aliphatic carbocycles. The zero-order chi connectivity index (χ0) is 17.2. The quantitative estimate of drug-likeness (QED) is 0.785. The minimum Gasteiger partial charge on any atom is -0.481 e. The fourth-order valence-corrected chi connectivity index (χ4v) is 3.88. The number of aromatic nitrogens is 1. The Labute approximate surface area is 140 Å². The molecule has 1 aromatic rings. The Bertz CT molecular complexity index is 701. The van der Waals surface area contributed by atoms with Crippen molar-refractivity contribution in [1.29, 1.82) is 0 Å². The normalized spacial score (nSPS) is 19.3. The molecule has 2 aliphatic rings. The monoisotopic (exact) mass is 332 g/mol. The summed E-state index contributed by atoms with van der Waals surface area (Å²) < 4.78 is 0. The summed E-state index contributed by atoms with van der Waals surface area (Å²) in [6, 6.07) is 1.68. The second kappa shape index (κ2) is 6.79. The van der Waals surface area contributed by atoms with E-state index in [0.717, 1.165) is 56.2 Å². The van der Waals surface area contributed by atoms with Gasteiger partial charge < -0.3 is 15.4 Å². The van der Waals surface area contributed by atoms with E-state index in [0.29, 0.717) is 12.8 Å². The van der Waals surface area contributed by atoms with Gasteiger partial charge in [-0.15, -0.1) is 0 Å². The van der Waals surface area contributed by atoms with Gasteiger partial charge in [-0.3, -0.25) is 14.4 Å². The van der Waals surface area contributed by atoms with Gasteiger partial charge in [-0.1, -0.05) is 19.3 Å². The van der Waals surface area contributed by atoms with E-state index < -0.39 is 17.3 Å². The molecule has 6 heteroatoms. The molecule has 0 radical (unpaired) electrons. The Kier molecular flexibility index (Phi) is 4.73. The van der Waals surface area contributed by atoms with Crippen molar-refractivity contribution < 1.29 is 14.7 Å². The Morgan fingerprint density at radius 1 is 1.12 bits per heavy atom. The van der Waals surface area contributed by atoms with E-state index in [-0.39, 0.29) is 17.7 Å². The molecule has 3 N–H and O–H groups in total. The van der Waals surface area contributed by atoms with Gasteiger partial charge in [0.2, 0.25) is 0 Å². The first-order valence-corrected chi connectivity index (χ1v) is 8.78. The smallest absolute Gasteiger partial charge is 0.311 e. The molecule has 1 fully saturated rings. The average Bonchev–Trinajstić information content (AvgIpc) is 2.59. The average molecular weight is 332 g/mol. The molecule has 130 valence electrons. The van der Waals surface area contributed by atoms with E-state index in [1.54, 1.807) is 6.07 Å². The Balaban J connectivity index is 1.75. The summed E-state index contributed by atoms with van der Waals surface area (Å²) in [6.45, 7) is 0.0810. The standard InChI is InChI=1S/C18H24N2O4/c21-15(19-11-18(17(23)24)8-4-1-5-9-18)13-10-12-6-2-3-7-14(12)20-16(13)22/h10H,1-9,11H2,(H,19,21)(H,20,22)(H,23,24). The van der Waals surface area contributed by atoms with Gasteiger partial charge >= 0.3 is 5.97 Å². The third kappa shape index (κ3) is 3.23. The van der Waals surface area contributed by atoms with E-state index >= 15 is 0 Å². The zero-order valence-electron chi connectivity index (χ0n) is 13.8. The van der Waals surface area contributed by atoms with Crippen LogP contribution in [0.1, 0.15) is 66.6 Å². The predicted molar refractivity (Wildman–Crippen MR) is 89.2 cm³/mol. The fraction of sp³-hybridized carbons (Fsp3) is 0.611. The first-order chi connectivity index (χ1) is 11.5. The molecule has 0 aliphatic heterocycles. The van der Waals surface area contributed by atoms with Crippen molar-refractivity contribution in [2.45, 2.75) is 57.8 Å². The number of carboxylic acids is 1. The molecule has 0 saturated heterocycles. The zero-order valence-corrected chi connectivity index (χ0v) is 13.8. The molecule has 0 bridgehead atoms. The van der Waals surface area contributed by atoms with Crippen LogP contribution >= 0.6 is 0 Å². The van der Waals surface area contributed by atoms with E-state index in [1.807, 2.05) is 0 Å². The minimum absolute atomic E-state index is 0.0810. The number of rotatable bonds is 4. The number of H-pyrrole nitrogens is 1. The number of aliphatic carboxylic acids is 1. The van der Waals surface area contributed by atoms with Gasteiger partial charge in [-0.05, 0) is 50.2 Å². The number of aryl methyl sites for hydroxylation is 2. The largest absolute Gasteiger partial charge is 0.481 e. The highest BCUT2D eigenvalue weighted by Crippen LogP contribution is 2.36. The molecule has 3 rings (SSSR count). The number of hydrogen-bond acceptors (Lipinski definition) is 3. The van der Waals surface area contributed by atoms with Crippen LogP contribution in [0.5, 0.6) is 0 Å². The summed E-state index contributed by atoms with van der Waals surface area (Å²) in [4.78, 5) is 39.1. The second-order valence-corrected chi connectivity index (χ2v) is 7.05. The minimum atomic E-state index is -0.894. The molecule has 0 aromatic carbocycles. The highest BCUT2D eigenvalue weighted by atomic mass is 16.4. The number of hydrogen-bond donors (Lipinski definition) is 3. The van der Waals surface area contributed by atoms with Gasteiger partial charge in [-0.25, -0.2) is 0 Å². The lowest BCUT2D eigenvalue weighted by atomic mass is 9.74. The van der Waals surface area contributed by atoms with E-state index in [4.69, 9.17) is 0 Å². The SMILES string of the molecule is O=C(NCC1(C(=O)O)CCCCC1)c1cc2c([nH]c1=O)CCCC2. The molecule has 0 atom stereocenters. The highest BCUT2D eigenvalue weighted by molar-refractivity contribution is 5.94. The maximum absolute atomic E-state index is 12.4. The Hall–Kier alpha value is -2.11. The molecule has 0 spiro atoms. The van der Waals surface area contributed by atoms with Crippen molar-refractivity contribution in [3.05, 3.63) is 33.2 Å². The lowest BCUT2D eigenvalue weighted by Crippen LogP contribution is -2.45. The van der Waals surface area contributed by atoms with Crippen LogP contribution in [-0.4, -0.2) is 28.5 Å². The van der Waals surface area contributed by atoms with Crippen molar-refractivity contribution in [2.24, 2.45) is 5.41 Å². The third-order valence-electron chi connectivity index (χ3n) is 5.43. The molecular formula is C18H24N2O4. The van der Waals surface area contributed by atoms with Crippen LogP contribution < -0.4 is 10.9 Å². The van der Waals surface area contributed by atoms with E-state index in [1.165, 1.54) is 0 Å². The van der Waals surface area contributed by atoms with Gasteiger partial charge in [0.05, 0.1) is 5.41 Å². The van der Waals surface area contributed by atoms with Gasteiger partial charge in [0.25, 0.3) is 11.5 Å². The first kappa shape index (κ1) is 16.7. The van der Waals surface area contributed by atoms with Crippen LogP contribution in [0.2, 0.25) is 0 Å². The van der Waals surface area contributed by atoms with Crippen LogP contribution in [0.4, 0.5) is 0 Å². The molecular weight excluding hydrogens is 308 g/mol. The van der Waals surface area contributed by atoms with Gasteiger partial charge in [0, 0.05) is 12.2 Å². The number of pyridine rings is 1. The van der Waals surface area contributed by atoms with Gasteiger partial charge in [0.15, 0.2) is 0 Å². The van der Waals surface area contributed by atoms with Crippen LogP contribution in [0, 0.1) is 5.41 Å². The molecule has 0 unspecified atom stereocenters. The highest BCUT2D eigenvalue weighted by Gasteiger charge is 2.40. The van der Waals surface area contributed by atoms with E-state index in [9.17, 15) is 19.5 Å². The summed E-state index contributed by atoms with van der Waals surface area (Å²) in [5, 5.41) is 12.3. The van der Waals surface area contributed by atoms with Crippen LogP contribution in [-0.2, 0) is 17.6 Å². The summed E-state index contributed by atoms with van der Waals surface area (Å²) in [5.74, 6) is -1.34. The number of amides is 1. The second-order valence-electron chi connectivity index (χ2n) is 7.05. The van der Waals surface area contributed by atoms with Crippen LogP contribution in [0.15, 0.2) is 10.9 Å². The first-order valence-electron chi connectivity index (χ1n) is 8.78. The van der Waals surface area contributed by atoms with Crippen molar-refractivity contribution in [3.63, 3.8) is 0 Å². The van der Waals surface area contributed by atoms with Crippen molar-refractivity contribution in [3.8, 4) is 0 Å². The molecule has 1 aromatic heterocycles. The third-order valence-corrected chi connectivity index (χ3v) is 5.43. The molecule has 24 heavy (non-hydrogen) atoms. The number of aromatic amines is 1. The number of nitrogens with one attached hydrogen (secondary N) is 2. The van der Waals surface area contributed by atoms with Gasteiger partial charge in [0.1, 0.15) is 5.56 Å². The van der Waals surface area contributed by atoms with Crippen LogP contribution in [0.25, 0.3) is 0 Å². The van der Waals surface area contributed by atoms with Crippen molar-refractivity contribution in [1.82, 2.24) is 10.3 Å². The summed E-state index contributed by atoms with van der Waals surface area (Å²) in [6.07, 6.45) is 7.72. The number of carbonyl (C=O) groups excluding carboxylic acids is 1.